The van der Waals surface area contributed by atoms with Crippen LogP contribution < -0.4 is 0 Å². The van der Waals surface area contributed by atoms with E-state index in [2.05, 4.69) is 63.5 Å². The summed E-state index contributed by atoms with van der Waals surface area (Å²) in [5.41, 5.74) is 0.510. The predicted molar refractivity (Wildman–Crippen MR) is 120 cm³/mol. The summed E-state index contributed by atoms with van der Waals surface area (Å²) in [7, 11) is 1.32. The molecule has 1 saturated heterocycles. The summed E-state index contributed by atoms with van der Waals surface area (Å²) in [5, 5.41) is 2.18. The van der Waals surface area contributed by atoms with Crippen molar-refractivity contribution in [3.05, 3.63) is 35.9 Å². The molecule has 0 spiro atoms. The van der Waals surface area contributed by atoms with Gasteiger partial charge in [0.05, 0.1) is 20.0 Å². The highest BCUT2D eigenvalue weighted by Gasteiger charge is 2.55. The van der Waals surface area contributed by atoms with Crippen LogP contribution in [0.15, 0.2) is 30.3 Å². The van der Waals surface area contributed by atoms with Crippen LogP contribution in [-0.2, 0) is 23.9 Å². The topological polar surface area (TPSA) is 65.1 Å². The van der Waals surface area contributed by atoms with Gasteiger partial charge in [-0.05, 0) is 39.2 Å². The molecule has 0 amide bonds. The molecule has 0 aromatic heterocycles. The van der Waals surface area contributed by atoms with Crippen molar-refractivity contribution in [3.63, 3.8) is 0 Å². The van der Waals surface area contributed by atoms with Gasteiger partial charge in [0.1, 0.15) is 12.2 Å². The monoisotopic (exact) mass is 433 g/mol. The standard InChI is InChI=1S/C25H39NO5/c1-8-24(5)17-21(30-23(28)16-15-22(27)29-7)18(3)25(6,9-2)26(24)31-19(4)20-13-11-10-12-14-20/h10-14,18-19,21H,8-9,15-17H2,1-7H3. The SMILES string of the molecule is CCC1(C)CC(OC(=O)CCC(=O)OC)C(C)C(C)(CC)N1OC(C)c1ccccc1. The van der Waals surface area contributed by atoms with Gasteiger partial charge in [0.25, 0.3) is 0 Å². The molecule has 1 heterocycles. The molecule has 0 bridgehead atoms. The molecule has 0 saturated carbocycles. The van der Waals surface area contributed by atoms with Crippen LogP contribution in [0.3, 0.4) is 0 Å². The van der Waals surface area contributed by atoms with E-state index in [9.17, 15) is 9.59 Å². The number of methoxy groups -OCH3 is 1. The first-order chi connectivity index (χ1) is 14.6. The minimum atomic E-state index is -0.403. The molecule has 0 N–H and O–H groups in total. The Morgan fingerprint density at radius 1 is 1.10 bits per heavy atom. The van der Waals surface area contributed by atoms with Gasteiger partial charge >= 0.3 is 11.9 Å². The molecule has 6 heteroatoms. The second-order valence-electron chi connectivity index (χ2n) is 9.11. The van der Waals surface area contributed by atoms with Crippen molar-refractivity contribution in [1.82, 2.24) is 5.06 Å². The van der Waals surface area contributed by atoms with E-state index >= 15 is 0 Å². The highest BCUT2D eigenvalue weighted by molar-refractivity contribution is 5.77. The van der Waals surface area contributed by atoms with E-state index in [4.69, 9.17) is 9.57 Å². The molecule has 174 valence electrons. The zero-order chi connectivity index (χ0) is 23.2. The predicted octanol–water partition coefficient (Wildman–Crippen LogP) is 5.22. The molecule has 1 fully saturated rings. The van der Waals surface area contributed by atoms with Crippen molar-refractivity contribution in [2.75, 3.05) is 7.11 Å². The molecule has 2 rings (SSSR count). The number of hydrogen-bond donors (Lipinski definition) is 0. The van der Waals surface area contributed by atoms with Crippen molar-refractivity contribution in [2.24, 2.45) is 5.92 Å². The van der Waals surface area contributed by atoms with Crippen LogP contribution in [0.1, 0.15) is 85.3 Å². The number of esters is 2. The van der Waals surface area contributed by atoms with Crippen molar-refractivity contribution in [3.8, 4) is 0 Å². The average Bonchev–Trinajstić information content (AvgIpc) is 2.78. The van der Waals surface area contributed by atoms with Crippen molar-refractivity contribution < 1.29 is 23.9 Å². The number of hydrogen-bond acceptors (Lipinski definition) is 6. The molecule has 31 heavy (non-hydrogen) atoms. The fraction of sp³-hybridized carbons (Fsp3) is 0.680. The summed E-state index contributed by atoms with van der Waals surface area (Å²) in [4.78, 5) is 30.5. The van der Waals surface area contributed by atoms with E-state index in [1.165, 1.54) is 7.11 Å². The fourth-order valence-electron chi connectivity index (χ4n) is 4.52. The number of carbonyl (C=O) groups excluding carboxylic acids is 2. The molecule has 5 atom stereocenters. The summed E-state index contributed by atoms with van der Waals surface area (Å²) in [6, 6.07) is 10.2. The van der Waals surface area contributed by atoms with E-state index in [-0.39, 0.29) is 48.0 Å². The first-order valence-electron chi connectivity index (χ1n) is 11.4. The Labute approximate surface area is 187 Å². The van der Waals surface area contributed by atoms with Crippen LogP contribution in [0, 0.1) is 5.92 Å². The maximum atomic E-state index is 12.4. The van der Waals surface area contributed by atoms with Crippen molar-refractivity contribution in [1.29, 1.82) is 0 Å². The smallest absolute Gasteiger partial charge is 0.306 e. The third-order valence-electron chi connectivity index (χ3n) is 7.19. The number of piperidine rings is 1. The lowest BCUT2D eigenvalue weighted by Gasteiger charge is -2.59. The van der Waals surface area contributed by atoms with Crippen LogP contribution >= 0.6 is 0 Å². The van der Waals surface area contributed by atoms with Crippen LogP contribution in [0.2, 0.25) is 0 Å². The van der Waals surface area contributed by atoms with E-state index in [0.29, 0.717) is 6.42 Å². The van der Waals surface area contributed by atoms with Gasteiger partial charge in [-0.25, -0.2) is 0 Å². The largest absolute Gasteiger partial charge is 0.469 e. The van der Waals surface area contributed by atoms with Gasteiger partial charge in [0, 0.05) is 23.4 Å². The molecule has 1 aliphatic heterocycles. The van der Waals surface area contributed by atoms with E-state index in [0.717, 1.165) is 18.4 Å². The summed E-state index contributed by atoms with van der Waals surface area (Å²) in [6.45, 7) is 12.9. The number of carbonyl (C=O) groups is 2. The van der Waals surface area contributed by atoms with E-state index in [1.807, 2.05) is 18.2 Å². The van der Waals surface area contributed by atoms with Crippen LogP contribution in [0.25, 0.3) is 0 Å². The summed E-state index contributed by atoms with van der Waals surface area (Å²) >= 11 is 0. The minimum Gasteiger partial charge on any atom is -0.469 e. The molecule has 5 unspecified atom stereocenters. The quantitative estimate of drug-likeness (QED) is 0.497. The summed E-state index contributed by atoms with van der Waals surface area (Å²) < 4.78 is 10.5. The molecule has 1 aromatic rings. The minimum absolute atomic E-state index is 0.0346. The third kappa shape index (κ3) is 5.66. The first kappa shape index (κ1) is 25.3. The Morgan fingerprint density at radius 3 is 2.26 bits per heavy atom. The summed E-state index contributed by atoms with van der Waals surface area (Å²) in [6.07, 6.45) is 2.11. The third-order valence-corrected chi connectivity index (χ3v) is 7.19. The Bertz CT molecular complexity index is 739. The second-order valence-corrected chi connectivity index (χ2v) is 9.11. The number of nitrogens with zero attached hydrogens (tertiary/aromatic N) is 1. The molecule has 0 aliphatic carbocycles. The van der Waals surface area contributed by atoms with Crippen LogP contribution in [0.5, 0.6) is 0 Å². The Balaban J connectivity index is 2.23. The van der Waals surface area contributed by atoms with Gasteiger partial charge in [-0.3, -0.25) is 14.4 Å². The van der Waals surface area contributed by atoms with Crippen molar-refractivity contribution in [2.45, 2.75) is 96.9 Å². The fourth-order valence-corrected chi connectivity index (χ4v) is 4.52. The zero-order valence-corrected chi connectivity index (χ0v) is 20.1. The molecule has 0 radical (unpaired) electrons. The Kier molecular flexibility index (Phi) is 8.66. The van der Waals surface area contributed by atoms with E-state index in [1.54, 1.807) is 0 Å². The maximum absolute atomic E-state index is 12.4. The van der Waals surface area contributed by atoms with Gasteiger partial charge in [0.2, 0.25) is 0 Å². The lowest BCUT2D eigenvalue weighted by molar-refractivity contribution is -0.336. The molecule has 6 nitrogen and oxygen atoms in total. The van der Waals surface area contributed by atoms with Crippen molar-refractivity contribution >= 4 is 11.9 Å². The normalized spacial score (nSPS) is 29.9. The lowest BCUT2D eigenvalue weighted by Crippen LogP contribution is -2.68. The van der Waals surface area contributed by atoms with Gasteiger partial charge in [-0.1, -0.05) is 51.1 Å². The lowest BCUT2D eigenvalue weighted by atomic mass is 9.69. The average molecular weight is 434 g/mol. The number of hydroxylamine groups is 2. The molecular formula is C25H39NO5. The maximum Gasteiger partial charge on any atom is 0.306 e. The van der Waals surface area contributed by atoms with Crippen LogP contribution in [0.4, 0.5) is 0 Å². The number of ether oxygens (including phenoxy) is 2. The van der Waals surface area contributed by atoms with Gasteiger partial charge in [-0.15, -0.1) is 0 Å². The second kappa shape index (κ2) is 10.6. The first-order valence-corrected chi connectivity index (χ1v) is 11.4. The zero-order valence-electron chi connectivity index (χ0n) is 20.1. The molecule has 1 aromatic carbocycles. The highest BCUT2D eigenvalue weighted by Crippen LogP contribution is 2.48. The Morgan fingerprint density at radius 2 is 1.71 bits per heavy atom. The molecule has 1 aliphatic rings. The molecular weight excluding hydrogens is 394 g/mol. The highest BCUT2D eigenvalue weighted by atomic mass is 16.7. The number of rotatable bonds is 9. The van der Waals surface area contributed by atoms with E-state index < -0.39 is 5.97 Å². The Hall–Kier alpha value is -1.92. The van der Waals surface area contributed by atoms with Gasteiger partial charge in [0.15, 0.2) is 0 Å². The van der Waals surface area contributed by atoms with Crippen LogP contribution in [-0.4, -0.2) is 41.3 Å². The summed E-state index contributed by atoms with van der Waals surface area (Å²) in [5.74, 6) is -0.701. The van der Waals surface area contributed by atoms with Gasteiger partial charge in [-0.2, -0.15) is 5.06 Å². The van der Waals surface area contributed by atoms with Gasteiger partial charge < -0.3 is 9.47 Å². The number of benzene rings is 1.